The van der Waals surface area contributed by atoms with Crippen molar-refractivity contribution in [1.82, 2.24) is 10.6 Å². The lowest BCUT2D eigenvalue weighted by atomic mass is 9.97. The van der Waals surface area contributed by atoms with E-state index in [1.807, 2.05) is 0 Å². The van der Waals surface area contributed by atoms with E-state index in [1.54, 1.807) is 6.92 Å². The van der Waals surface area contributed by atoms with Crippen LogP contribution in [0.1, 0.15) is 58.3 Å². The molecule has 0 aromatic heterocycles. The molecule has 2 aliphatic rings. The Kier molecular flexibility index (Phi) is 17.9. The van der Waals surface area contributed by atoms with E-state index in [2.05, 4.69) is 10.6 Å². The van der Waals surface area contributed by atoms with Crippen molar-refractivity contribution < 1.29 is 64.6 Å². The number of hydrogen-bond acceptors (Lipinski definition) is 16. The second-order valence-electron chi connectivity index (χ2n) is 11.5. The van der Waals surface area contributed by atoms with E-state index < -0.39 is 87.0 Å². The van der Waals surface area contributed by atoms with Gasteiger partial charge >= 0.3 is 0 Å². The van der Waals surface area contributed by atoms with Crippen LogP contribution in [-0.2, 0) is 23.7 Å². The Morgan fingerprint density at radius 2 is 1.41 bits per heavy atom. The lowest BCUT2D eigenvalue weighted by Crippen LogP contribution is -2.64. The van der Waals surface area contributed by atoms with Crippen LogP contribution < -0.4 is 22.1 Å². The molecular formula is C27H54N4O13. The average Bonchev–Trinajstić information content (AvgIpc) is 2.99. The molecule has 0 saturated carbocycles. The Morgan fingerprint density at radius 1 is 0.795 bits per heavy atom. The summed E-state index contributed by atoms with van der Waals surface area (Å²) in [5.41, 5.74) is 10.8. The zero-order chi connectivity index (χ0) is 32.8. The van der Waals surface area contributed by atoms with E-state index in [4.69, 9.17) is 30.4 Å². The molecule has 17 heteroatoms. The number of carbonyl (C=O) groups is 1. The maximum Gasteiger partial charge on any atom is 0.220 e. The van der Waals surface area contributed by atoms with Gasteiger partial charge in [-0.05, 0) is 39.2 Å². The first kappa shape index (κ1) is 39.1. The van der Waals surface area contributed by atoms with Crippen LogP contribution >= 0.6 is 0 Å². The topological polar surface area (TPSA) is 292 Å². The molecule has 0 aromatic carbocycles. The third kappa shape index (κ3) is 12.2. The van der Waals surface area contributed by atoms with Gasteiger partial charge in [-0.1, -0.05) is 19.3 Å². The maximum atomic E-state index is 12.2. The van der Waals surface area contributed by atoms with Crippen LogP contribution in [-0.4, -0.2) is 153 Å². The van der Waals surface area contributed by atoms with E-state index in [9.17, 15) is 45.6 Å². The van der Waals surface area contributed by atoms with E-state index in [1.165, 1.54) is 0 Å². The van der Waals surface area contributed by atoms with Crippen molar-refractivity contribution in [3.05, 3.63) is 0 Å². The third-order valence-corrected chi connectivity index (χ3v) is 7.79. The summed E-state index contributed by atoms with van der Waals surface area (Å²) in [5.74, 6) is -0.136. The van der Waals surface area contributed by atoms with E-state index in [0.717, 1.165) is 19.3 Å². The fraction of sp³-hybridized carbons (Fsp3) is 0.963. The normalized spacial score (nSPS) is 34.2. The molecule has 0 bridgehead atoms. The molecule has 2 aliphatic heterocycles. The molecule has 0 aromatic rings. The molecular weight excluding hydrogens is 588 g/mol. The van der Waals surface area contributed by atoms with Crippen molar-refractivity contribution in [2.45, 2.75) is 138 Å². The molecule has 2 fully saturated rings. The van der Waals surface area contributed by atoms with Crippen LogP contribution in [0, 0.1) is 0 Å². The number of rotatable bonds is 20. The Labute approximate surface area is 257 Å². The SMILES string of the molecule is CC(CCCCCCC(=O)NC(CO)CCCNC(N)N)OC1OC(CO)C(O)C(O)C1OC1OC(CO)C(O)C(O)C1O. The number of amides is 1. The predicted molar refractivity (Wildman–Crippen MR) is 153 cm³/mol. The molecule has 0 radical (unpaired) electrons. The number of aliphatic hydroxyl groups is 8. The van der Waals surface area contributed by atoms with Crippen LogP contribution in [0.4, 0.5) is 0 Å². The minimum atomic E-state index is -1.75. The third-order valence-electron chi connectivity index (χ3n) is 7.79. The first-order valence-corrected chi connectivity index (χ1v) is 15.3. The monoisotopic (exact) mass is 642 g/mol. The second-order valence-corrected chi connectivity index (χ2v) is 11.5. The number of ether oxygens (including phenoxy) is 4. The Morgan fingerprint density at radius 3 is 2.02 bits per heavy atom. The highest BCUT2D eigenvalue weighted by Gasteiger charge is 2.51. The fourth-order valence-electron chi connectivity index (χ4n) is 5.14. The maximum absolute atomic E-state index is 12.2. The first-order valence-electron chi connectivity index (χ1n) is 15.3. The number of aliphatic hydroxyl groups excluding tert-OH is 8. The summed E-state index contributed by atoms with van der Waals surface area (Å²) in [6.45, 7) is 0.880. The zero-order valence-corrected chi connectivity index (χ0v) is 25.3. The molecule has 1 amide bonds. The minimum absolute atomic E-state index is 0.136. The molecule has 14 N–H and O–H groups in total. The lowest BCUT2D eigenvalue weighted by molar-refractivity contribution is -0.371. The highest BCUT2D eigenvalue weighted by atomic mass is 16.8. The van der Waals surface area contributed by atoms with Crippen LogP contribution in [0.5, 0.6) is 0 Å². The first-order chi connectivity index (χ1) is 20.9. The standard InChI is InChI=1S/C27H54N4O13/c1-14(7-4-2-3-5-9-18(35)31-15(11-32)8-6-10-30-27(28)29)41-26-24(22(39)20(37)17(13-34)43-26)44-25-23(40)21(38)19(36)16(12-33)42-25/h14-17,19-27,30,32-34,36-40H,2-13,28-29H2,1H3,(H,31,35). The molecule has 2 heterocycles. The van der Waals surface area contributed by atoms with Gasteiger partial charge in [0, 0.05) is 6.42 Å². The molecule has 0 spiro atoms. The summed E-state index contributed by atoms with van der Waals surface area (Å²) in [6.07, 6.45) is -10.9. The quantitative estimate of drug-likeness (QED) is 0.0439. The summed E-state index contributed by atoms with van der Waals surface area (Å²) in [5, 5.41) is 85.8. The van der Waals surface area contributed by atoms with Crippen molar-refractivity contribution in [2.24, 2.45) is 11.5 Å². The van der Waals surface area contributed by atoms with Gasteiger partial charge in [0.25, 0.3) is 0 Å². The minimum Gasteiger partial charge on any atom is -0.394 e. The summed E-state index contributed by atoms with van der Waals surface area (Å²) in [7, 11) is 0. The Hall–Kier alpha value is -1.13. The molecule has 12 unspecified atom stereocenters. The van der Waals surface area contributed by atoms with E-state index >= 15 is 0 Å². The lowest BCUT2D eigenvalue weighted by Gasteiger charge is -2.46. The van der Waals surface area contributed by atoms with Crippen LogP contribution in [0.25, 0.3) is 0 Å². The Bertz CT molecular complexity index is 801. The molecule has 12 atom stereocenters. The largest absolute Gasteiger partial charge is 0.394 e. The van der Waals surface area contributed by atoms with Gasteiger partial charge in [-0.25, -0.2) is 0 Å². The summed E-state index contributed by atoms with van der Waals surface area (Å²) in [4.78, 5) is 12.2. The van der Waals surface area contributed by atoms with Crippen LogP contribution in [0.15, 0.2) is 0 Å². The summed E-state index contributed by atoms with van der Waals surface area (Å²) >= 11 is 0. The number of unbranched alkanes of at least 4 members (excludes halogenated alkanes) is 3. The molecule has 17 nitrogen and oxygen atoms in total. The summed E-state index contributed by atoms with van der Waals surface area (Å²) in [6, 6.07) is -0.336. The van der Waals surface area contributed by atoms with Crippen LogP contribution in [0.3, 0.4) is 0 Å². The molecule has 260 valence electrons. The number of carbonyl (C=O) groups excluding carboxylic acids is 1. The van der Waals surface area contributed by atoms with Crippen molar-refractivity contribution in [3.8, 4) is 0 Å². The number of nitrogens with two attached hydrogens (primary N) is 2. The van der Waals surface area contributed by atoms with Gasteiger partial charge in [-0.3, -0.25) is 10.1 Å². The van der Waals surface area contributed by atoms with Crippen molar-refractivity contribution in [3.63, 3.8) is 0 Å². The van der Waals surface area contributed by atoms with E-state index in [-0.39, 0.29) is 18.6 Å². The van der Waals surface area contributed by atoms with E-state index in [0.29, 0.717) is 38.6 Å². The zero-order valence-electron chi connectivity index (χ0n) is 25.3. The van der Waals surface area contributed by atoms with Gasteiger partial charge in [-0.15, -0.1) is 0 Å². The molecule has 44 heavy (non-hydrogen) atoms. The van der Waals surface area contributed by atoms with Gasteiger partial charge in [0.15, 0.2) is 12.6 Å². The van der Waals surface area contributed by atoms with Gasteiger partial charge < -0.3 is 76.6 Å². The van der Waals surface area contributed by atoms with Crippen molar-refractivity contribution in [2.75, 3.05) is 26.4 Å². The van der Waals surface area contributed by atoms with Gasteiger partial charge in [0.2, 0.25) is 5.91 Å². The molecule has 2 rings (SSSR count). The number of nitrogens with one attached hydrogen (secondary N) is 2. The second kappa shape index (κ2) is 20.2. The van der Waals surface area contributed by atoms with Crippen molar-refractivity contribution >= 4 is 5.91 Å². The fourth-order valence-corrected chi connectivity index (χ4v) is 5.14. The van der Waals surface area contributed by atoms with Crippen molar-refractivity contribution in [1.29, 1.82) is 0 Å². The van der Waals surface area contributed by atoms with Gasteiger partial charge in [-0.2, -0.15) is 0 Å². The van der Waals surface area contributed by atoms with Gasteiger partial charge in [0.05, 0.1) is 32.0 Å². The Balaban J connectivity index is 1.79. The highest BCUT2D eigenvalue weighted by molar-refractivity contribution is 5.76. The average molecular weight is 643 g/mol. The predicted octanol–water partition coefficient (Wildman–Crippen LogP) is -4.60. The highest BCUT2D eigenvalue weighted by Crippen LogP contribution is 2.30. The molecule has 2 saturated heterocycles. The van der Waals surface area contributed by atoms with Crippen LogP contribution in [0.2, 0.25) is 0 Å². The molecule has 0 aliphatic carbocycles. The van der Waals surface area contributed by atoms with Gasteiger partial charge in [0.1, 0.15) is 55.1 Å². The summed E-state index contributed by atoms with van der Waals surface area (Å²) < 4.78 is 22.6. The smallest absolute Gasteiger partial charge is 0.220 e. The number of hydrogen-bond donors (Lipinski definition) is 12.